The van der Waals surface area contributed by atoms with Gasteiger partial charge in [0, 0.05) is 37.1 Å². The molecule has 0 bridgehead atoms. The molecule has 0 saturated heterocycles. The van der Waals surface area contributed by atoms with Crippen LogP contribution in [-0.2, 0) is 54.3 Å². The lowest BCUT2D eigenvalue weighted by molar-refractivity contribution is -0.154. The number of H-pyrrole nitrogens is 2. The number of carboxylic acid groups (broad SMARTS) is 1. The summed E-state index contributed by atoms with van der Waals surface area (Å²) in [5.74, 6) is -3.18. The van der Waals surface area contributed by atoms with E-state index in [1.54, 1.807) is 45.0 Å². The normalized spacial score (nSPS) is 9.88. The first kappa shape index (κ1) is 46.1. The molecule has 0 aliphatic carbocycles. The largest absolute Gasteiger partial charge is 0.476 e. The molecule has 6 rings (SSSR count). The maximum absolute atomic E-state index is 11.5. The van der Waals surface area contributed by atoms with E-state index in [4.69, 9.17) is 9.84 Å². The molecule has 0 aliphatic heterocycles. The van der Waals surface area contributed by atoms with Gasteiger partial charge in [0.05, 0.1) is 19.6 Å². The number of carbonyl (C=O) groups excluding carboxylic acids is 5. The Morgan fingerprint density at radius 2 is 0.966 bits per heavy atom. The number of benzene rings is 4. The number of ether oxygens (including phenoxy) is 2. The summed E-state index contributed by atoms with van der Waals surface area (Å²) in [5, 5.41) is 21.8. The van der Waals surface area contributed by atoms with Crippen LogP contribution >= 0.6 is 0 Å². The van der Waals surface area contributed by atoms with Crippen molar-refractivity contribution in [2.24, 2.45) is 0 Å². The van der Waals surface area contributed by atoms with Gasteiger partial charge < -0.3 is 14.6 Å². The second kappa shape index (κ2) is 25.8. The van der Waals surface area contributed by atoms with Gasteiger partial charge in [0.25, 0.3) is 0 Å². The lowest BCUT2D eigenvalue weighted by Crippen LogP contribution is -2.21. The average molecular weight is 801 g/mol. The predicted octanol–water partition coefficient (Wildman–Crippen LogP) is 7.01. The number of carboxylic acids is 1. The summed E-state index contributed by atoms with van der Waals surface area (Å²) in [4.78, 5) is 66.4. The SMILES string of the molecule is CC(=O)Cc1ccccc1.CCOC(=O)C(=O)CC(=O)Cc1ccccc1.CCOC(=O)c1cc(Cc2ccccc2)[nH]n1.O=C(O)c1cc(Cc2ccccc2)[nH]n1. The first-order valence-electron chi connectivity index (χ1n) is 18.8. The van der Waals surface area contributed by atoms with Gasteiger partial charge in [-0.1, -0.05) is 121 Å². The predicted molar refractivity (Wildman–Crippen MR) is 221 cm³/mol. The smallest absolute Gasteiger partial charge is 0.375 e. The van der Waals surface area contributed by atoms with E-state index in [-0.39, 0.29) is 36.3 Å². The first-order chi connectivity index (χ1) is 28.5. The number of hydrogen-bond acceptors (Lipinski definition) is 10. The molecule has 0 radical (unpaired) electrons. The van der Waals surface area contributed by atoms with Crippen LogP contribution in [0.2, 0.25) is 0 Å². The van der Waals surface area contributed by atoms with Gasteiger partial charge in [0.15, 0.2) is 11.4 Å². The van der Waals surface area contributed by atoms with Crippen LogP contribution < -0.4 is 0 Å². The number of esters is 2. The lowest BCUT2D eigenvalue weighted by atomic mass is 10.1. The van der Waals surface area contributed by atoms with Gasteiger partial charge in [-0.2, -0.15) is 10.2 Å². The zero-order valence-corrected chi connectivity index (χ0v) is 33.3. The van der Waals surface area contributed by atoms with Gasteiger partial charge in [-0.25, -0.2) is 14.4 Å². The van der Waals surface area contributed by atoms with Crippen LogP contribution in [0.1, 0.15) is 81.8 Å². The maximum Gasteiger partial charge on any atom is 0.375 e. The zero-order valence-electron chi connectivity index (χ0n) is 33.3. The number of aromatic carboxylic acids is 1. The molecule has 13 heteroatoms. The summed E-state index contributed by atoms with van der Waals surface area (Å²) in [6.45, 7) is 5.48. The molecule has 306 valence electrons. The Labute approximate surface area is 342 Å². The van der Waals surface area contributed by atoms with E-state index >= 15 is 0 Å². The molecular formula is C46H48N4O9. The highest BCUT2D eigenvalue weighted by Crippen LogP contribution is 2.10. The average Bonchev–Trinajstić information content (AvgIpc) is 3.91. The fraction of sp³-hybridized carbons (Fsp3) is 0.217. The summed E-state index contributed by atoms with van der Waals surface area (Å²) in [6.07, 6.45) is 1.72. The summed E-state index contributed by atoms with van der Waals surface area (Å²) in [7, 11) is 0. The van der Waals surface area contributed by atoms with E-state index in [0.717, 1.165) is 34.5 Å². The Balaban J connectivity index is 0.000000214. The standard InChI is InChI=1S/C13H14N2O2.C13H14O4.C11H10N2O2.C9H10O/c1-2-17-13(16)12-9-11(14-15-12)8-10-6-4-3-5-7-10;1-2-17-13(16)12(15)9-11(14)8-10-6-4-3-5-7-10;14-11(15)10-7-9(12-13-10)6-8-4-2-1-3-5-8;1-8(10)7-9-5-3-2-4-6-9/h3-7,9H,2,8H2,1H3,(H,14,15);3-7H,2,8-9H2,1H3;1-5,7H,6H2,(H,12,13)(H,14,15);2-6H,7H2,1H3. The molecular weight excluding hydrogens is 753 g/mol. The van der Waals surface area contributed by atoms with E-state index in [1.807, 2.05) is 109 Å². The number of Topliss-reactive ketones (excluding diaryl/α,β-unsaturated/α-hetero) is 3. The van der Waals surface area contributed by atoms with Crippen LogP contribution in [0, 0.1) is 0 Å². The second-order valence-electron chi connectivity index (χ2n) is 12.8. The van der Waals surface area contributed by atoms with Gasteiger partial charge in [-0.05, 0) is 55.2 Å². The number of aromatic nitrogens is 4. The highest BCUT2D eigenvalue weighted by molar-refractivity contribution is 6.37. The number of nitrogens with one attached hydrogen (secondary N) is 2. The Morgan fingerprint density at radius 3 is 1.37 bits per heavy atom. The Morgan fingerprint density at radius 1 is 0.559 bits per heavy atom. The van der Waals surface area contributed by atoms with E-state index < -0.39 is 24.1 Å². The summed E-state index contributed by atoms with van der Waals surface area (Å²) >= 11 is 0. The van der Waals surface area contributed by atoms with E-state index in [2.05, 4.69) is 25.1 Å². The second-order valence-corrected chi connectivity index (χ2v) is 12.8. The van der Waals surface area contributed by atoms with Crippen LogP contribution in [0.15, 0.2) is 133 Å². The van der Waals surface area contributed by atoms with Gasteiger partial charge in [0.1, 0.15) is 11.6 Å². The van der Waals surface area contributed by atoms with Crippen molar-refractivity contribution < 1.29 is 43.3 Å². The summed E-state index contributed by atoms with van der Waals surface area (Å²) < 4.78 is 9.38. The van der Waals surface area contributed by atoms with Crippen LogP contribution in [0.3, 0.4) is 0 Å². The highest BCUT2D eigenvalue weighted by atomic mass is 16.5. The molecule has 0 fully saturated rings. The van der Waals surface area contributed by atoms with Gasteiger partial charge in [-0.3, -0.25) is 24.6 Å². The number of ketones is 3. The third-order valence-electron chi connectivity index (χ3n) is 7.84. The highest BCUT2D eigenvalue weighted by Gasteiger charge is 2.19. The number of nitrogens with zero attached hydrogens (tertiary/aromatic N) is 2. The van der Waals surface area contributed by atoms with Gasteiger partial charge >= 0.3 is 17.9 Å². The Hall–Kier alpha value is -7.28. The third kappa shape index (κ3) is 18.5. The van der Waals surface area contributed by atoms with Crippen molar-refractivity contribution in [3.63, 3.8) is 0 Å². The molecule has 2 heterocycles. The Kier molecular flexibility index (Phi) is 20.2. The van der Waals surface area contributed by atoms with Crippen LogP contribution in [0.25, 0.3) is 0 Å². The van der Waals surface area contributed by atoms with Gasteiger partial charge in [0.2, 0.25) is 5.78 Å². The van der Waals surface area contributed by atoms with Gasteiger partial charge in [-0.15, -0.1) is 0 Å². The molecule has 3 N–H and O–H groups in total. The maximum atomic E-state index is 11.5. The van der Waals surface area contributed by atoms with Crippen molar-refractivity contribution in [3.8, 4) is 0 Å². The van der Waals surface area contributed by atoms with Crippen LogP contribution in [0.4, 0.5) is 0 Å². The zero-order chi connectivity index (χ0) is 42.8. The molecule has 0 saturated carbocycles. The Bertz CT molecular complexity index is 2200. The molecule has 0 spiro atoms. The molecule has 13 nitrogen and oxygen atoms in total. The third-order valence-corrected chi connectivity index (χ3v) is 7.84. The fourth-order valence-electron chi connectivity index (χ4n) is 5.19. The topological polar surface area (TPSA) is 198 Å². The lowest BCUT2D eigenvalue weighted by Gasteiger charge is -2.01. The fourth-order valence-corrected chi connectivity index (χ4v) is 5.19. The molecule has 59 heavy (non-hydrogen) atoms. The minimum absolute atomic E-state index is 0.0564. The summed E-state index contributed by atoms with van der Waals surface area (Å²) in [6, 6.07) is 41.9. The van der Waals surface area contributed by atoms with Crippen LogP contribution in [0.5, 0.6) is 0 Å². The van der Waals surface area contributed by atoms with Crippen LogP contribution in [-0.4, -0.2) is 74.0 Å². The monoisotopic (exact) mass is 800 g/mol. The minimum Gasteiger partial charge on any atom is -0.476 e. The molecule has 2 aromatic heterocycles. The molecule has 4 aromatic carbocycles. The minimum atomic E-state index is -1.01. The van der Waals surface area contributed by atoms with Crippen molar-refractivity contribution in [2.75, 3.05) is 13.2 Å². The van der Waals surface area contributed by atoms with Crippen molar-refractivity contribution in [2.45, 2.75) is 52.9 Å². The number of hydrogen-bond donors (Lipinski definition) is 3. The van der Waals surface area contributed by atoms with Crippen molar-refractivity contribution in [1.29, 1.82) is 0 Å². The van der Waals surface area contributed by atoms with E-state index in [0.29, 0.717) is 25.1 Å². The van der Waals surface area contributed by atoms with E-state index in [1.165, 1.54) is 5.56 Å². The number of aromatic amines is 2. The molecule has 0 aliphatic rings. The number of carbonyl (C=O) groups is 6. The molecule has 0 atom stereocenters. The first-order valence-corrected chi connectivity index (χ1v) is 18.8. The van der Waals surface area contributed by atoms with Crippen molar-refractivity contribution >= 4 is 35.3 Å². The number of rotatable bonds is 15. The quantitative estimate of drug-likeness (QED) is 0.0548. The molecule has 6 aromatic rings. The van der Waals surface area contributed by atoms with Crippen molar-refractivity contribution in [3.05, 3.63) is 178 Å². The molecule has 0 unspecified atom stereocenters. The molecule has 0 amide bonds. The van der Waals surface area contributed by atoms with Crippen molar-refractivity contribution in [1.82, 2.24) is 20.4 Å². The summed E-state index contributed by atoms with van der Waals surface area (Å²) in [5.41, 5.74) is 6.31. The van der Waals surface area contributed by atoms with E-state index in [9.17, 15) is 28.8 Å².